The van der Waals surface area contributed by atoms with E-state index in [-0.39, 0.29) is 10.8 Å². The summed E-state index contributed by atoms with van der Waals surface area (Å²) in [6, 6.07) is 108. The van der Waals surface area contributed by atoms with E-state index in [9.17, 15) is 0 Å². The predicted octanol–water partition coefficient (Wildman–Crippen LogP) is 24.8. The van der Waals surface area contributed by atoms with Crippen LogP contribution in [0.4, 0.5) is 17.1 Å². The quantitative estimate of drug-likeness (QED) is 0.159. The molecule has 0 fully saturated rings. The lowest BCUT2D eigenvalue weighted by Gasteiger charge is -2.29. The van der Waals surface area contributed by atoms with Gasteiger partial charge in [0.25, 0.3) is 0 Å². The van der Waals surface area contributed by atoms with Crippen LogP contribution >= 0.6 is 11.6 Å². The number of hydrogen-bond acceptors (Lipinski definition) is 3. The van der Waals surface area contributed by atoms with Crippen LogP contribution in [0.15, 0.2) is 312 Å². The molecule has 0 atom stereocenters. The molecule has 0 saturated heterocycles. The van der Waals surface area contributed by atoms with Crippen molar-refractivity contribution in [2.24, 2.45) is 0 Å². The molecule has 3 nitrogen and oxygen atoms in total. The first-order valence-electron chi connectivity index (χ1n) is 31.5. The molecular formula is C87H64ClNO2. The van der Waals surface area contributed by atoms with Gasteiger partial charge in [0.2, 0.25) is 0 Å². The van der Waals surface area contributed by atoms with Crippen molar-refractivity contribution < 1.29 is 8.83 Å². The Kier molecular flexibility index (Phi) is 13.7. The monoisotopic (exact) mass is 1190 g/mol. The smallest absolute Gasteiger partial charge is 0.159 e. The third-order valence-electron chi connectivity index (χ3n) is 19.1. The molecule has 2 heterocycles. The average Bonchev–Trinajstić information content (AvgIpc) is 1.66. The van der Waals surface area contributed by atoms with Gasteiger partial charge in [0.15, 0.2) is 11.2 Å². The lowest BCUT2D eigenvalue weighted by molar-refractivity contribution is 0.659. The first-order chi connectivity index (χ1) is 44.6. The van der Waals surface area contributed by atoms with Gasteiger partial charge < -0.3 is 13.7 Å². The van der Waals surface area contributed by atoms with Crippen LogP contribution in [0.1, 0.15) is 61.1 Å². The number of halogens is 1. The average molecular weight is 1190 g/mol. The highest BCUT2D eigenvalue weighted by Crippen LogP contribution is 2.53. The normalized spacial score (nSPS) is 13.1. The minimum Gasteiger partial charge on any atom is -0.454 e. The molecular weight excluding hydrogens is 1130 g/mol. The van der Waals surface area contributed by atoms with Crippen molar-refractivity contribution in [1.82, 2.24) is 0 Å². The number of anilines is 3. The molecule has 0 N–H and O–H groups in total. The topological polar surface area (TPSA) is 29.5 Å². The lowest BCUT2D eigenvalue weighted by Crippen LogP contribution is -2.17. The zero-order valence-corrected chi connectivity index (χ0v) is 52.0. The molecule has 0 amide bonds. The number of nitrogens with zero attached hydrogens (tertiary/aromatic N) is 1. The number of fused-ring (bicyclic) bond motifs is 16. The second kappa shape index (κ2) is 22.4. The molecule has 0 saturated carbocycles. The predicted molar refractivity (Wildman–Crippen MR) is 384 cm³/mol. The van der Waals surface area contributed by atoms with Gasteiger partial charge in [-0.2, -0.15) is 0 Å². The van der Waals surface area contributed by atoms with Crippen LogP contribution in [0, 0.1) is 0 Å². The van der Waals surface area contributed by atoms with E-state index in [4.69, 9.17) is 20.4 Å². The minimum atomic E-state index is -0.114. The minimum absolute atomic E-state index is 0.0564. The van der Waals surface area contributed by atoms with Gasteiger partial charge in [-0.3, -0.25) is 0 Å². The van der Waals surface area contributed by atoms with E-state index in [0.29, 0.717) is 5.02 Å². The van der Waals surface area contributed by atoms with Gasteiger partial charge in [-0.1, -0.05) is 300 Å². The molecule has 0 aliphatic heterocycles. The molecule has 18 rings (SSSR count). The molecule has 16 aromatic rings. The third-order valence-corrected chi connectivity index (χ3v) is 19.4. The van der Waals surface area contributed by atoms with Gasteiger partial charge in [0, 0.05) is 43.6 Å². The number of benzene rings is 14. The number of hydrogen-bond donors (Lipinski definition) is 0. The highest BCUT2D eigenvalue weighted by atomic mass is 35.5. The fourth-order valence-corrected chi connectivity index (χ4v) is 14.9. The van der Waals surface area contributed by atoms with Crippen molar-refractivity contribution >= 4 is 94.1 Å². The van der Waals surface area contributed by atoms with Crippen molar-refractivity contribution in [3.05, 3.63) is 342 Å². The maximum atomic E-state index is 6.80. The SMILES string of the molecule is CC1(C)c2ccccc2-c2ccc(Cc3ccccc3-c3ccccc3)cc21.CC1(C)c2ccccc2-c2ccc(N(c3ccccc3-c3ccccc3)c3cccc4c3oc3ccc5ccccc5c34)cc21.Clc1cccc2c1oc1ccc3ccccc3c12. The summed E-state index contributed by atoms with van der Waals surface area (Å²) < 4.78 is 12.7. The fourth-order valence-electron chi connectivity index (χ4n) is 14.7. The molecule has 0 spiro atoms. The molecule has 91 heavy (non-hydrogen) atoms. The van der Waals surface area contributed by atoms with Crippen molar-refractivity contribution in [2.75, 3.05) is 4.90 Å². The number of para-hydroxylation sites is 3. The Bertz CT molecular complexity index is 5480. The van der Waals surface area contributed by atoms with E-state index >= 15 is 0 Å². The van der Waals surface area contributed by atoms with E-state index in [1.54, 1.807) is 0 Å². The molecule has 0 bridgehead atoms. The Hall–Kier alpha value is -10.7. The molecule has 4 heteroatoms. The van der Waals surface area contributed by atoms with Crippen LogP contribution in [0.25, 0.3) is 110 Å². The van der Waals surface area contributed by atoms with Crippen LogP contribution in [0.5, 0.6) is 0 Å². The highest BCUT2D eigenvalue weighted by Gasteiger charge is 2.37. The highest BCUT2D eigenvalue weighted by molar-refractivity contribution is 6.36. The van der Waals surface area contributed by atoms with Crippen molar-refractivity contribution in [2.45, 2.75) is 44.9 Å². The Morgan fingerprint density at radius 1 is 0.330 bits per heavy atom. The van der Waals surface area contributed by atoms with Crippen LogP contribution in [0.2, 0.25) is 5.02 Å². The summed E-state index contributed by atoms with van der Waals surface area (Å²) in [6.07, 6.45) is 0.949. The first kappa shape index (κ1) is 55.6. The molecule has 2 aliphatic carbocycles. The maximum absolute atomic E-state index is 6.80. The van der Waals surface area contributed by atoms with E-state index in [1.165, 1.54) is 99.4 Å². The largest absolute Gasteiger partial charge is 0.454 e. The summed E-state index contributed by atoms with van der Waals surface area (Å²) >= 11 is 6.19. The standard InChI is InChI=1S/C43H31NO.C28H24.C16H9ClO/c1-43(2)36-20-10-8-18-33(36)34-25-24-30(27-37(34)43)44(38-21-11-9-16-31(38)28-13-4-3-5-14-28)39-22-12-19-35-41-32-17-7-6-15-29(32)23-26-40(41)45-42(35)39;1-28(2)26-15-9-8-14-24(26)25-17-16-20(19-27(25)28)18-22-12-6-7-13-23(22)21-10-4-3-5-11-21;17-13-7-3-6-12-15-11-5-2-1-4-10(11)8-9-14(15)18-16(12)13/h3-27H,1-2H3;3-17,19H,18H2,1-2H3;1-9H. The van der Waals surface area contributed by atoms with Crippen molar-refractivity contribution in [1.29, 1.82) is 0 Å². The summed E-state index contributed by atoms with van der Waals surface area (Å²) in [5.74, 6) is 0. The van der Waals surface area contributed by atoms with E-state index < -0.39 is 0 Å². The van der Waals surface area contributed by atoms with Crippen molar-refractivity contribution in [3.8, 4) is 44.5 Å². The Balaban J connectivity index is 0.000000121. The Morgan fingerprint density at radius 2 is 0.780 bits per heavy atom. The maximum Gasteiger partial charge on any atom is 0.159 e. The van der Waals surface area contributed by atoms with Crippen molar-refractivity contribution in [3.63, 3.8) is 0 Å². The summed E-state index contributed by atoms with van der Waals surface area (Å²) in [5.41, 5.74) is 25.3. The first-order valence-corrected chi connectivity index (χ1v) is 31.8. The lowest BCUT2D eigenvalue weighted by atomic mass is 9.81. The molecule has 2 aromatic heterocycles. The summed E-state index contributed by atoms with van der Waals surface area (Å²) in [5, 5.41) is 10.0. The third kappa shape index (κ3) is 9.50. The van der Waals surface area contributed by atoms with E-state index in [1.807, 2.05) is 30.3 Å². The number of furan rings is 2. The molecule has 0 unspecified atom stereocenters. The zero-order valence-electron chi connectivity index (χ0n) is 51.2. The van der Waals surface area contributed by atoms with Gasteiger partial charge in [0.05, 0.1) is 16.4 Å². The van der Waals surface area contributed by atoms with Crippen LogP contribution in [0.3, 0.4) is 0 Å². The van der Waals surface area contributed by atoms with Gasteiger partial charge >= 0.3 is 0 Å². The second-order valence-corrected chi connectivity index (χ2v) is 25.6. The molecule has 0 radical (unpaired) electrons. The molecule has 14 aromatic carbocycles. The summed E-state index contributed by atoms with van der Waals surface area (Å²) in [6.45, 7) is 9.38. The van der Waals surface area contributed by atoms with E-state index in [2.05, 4.69) is 306 Å². The van der Waals surface area contributed by atoms with Gasteiger partial charge in [-0.15, -0.1) is 0 Å². The van der Waals surface area contributed by atoms with Gasteiger partial charge in [-0.25, -0.2) is 0 Å². The van der Waals surface area contributed by atoms with Gasteiger partial charge in [-0.05, 0) is 143 Å². The Labute approximate surface area is 535 Å². The summed E-state index contributed by atoms with van der Waals surface area (Å²) in [4.78, 5) is 2.40. The van der Waals surface area contributed by atoms with Crippen LogP contribution in [-0.4, -0.2) is 0 Å². The van der Waals surface area contributed by atoms with Crippen LogP contribution < -0.4 is 4.90 Å². The van der Waals surface area contributed by atoms with E-state index in [0.717, 1.165) is 67.4 Å². The zero-order chi connectivity index (χ0) is 61.4. The number of rotatable bonds is 7. The fraction of sp³-hybridized carbons (Fsp3) is 0.0805. The van der Waals surface area contributed by atoms with Gasteiger partial charge in [0.1, 0.15) is 11.2 Å². The Morgan fingerprint density at radius 3 is 1.42 bits per heavy atom. The summed E-state index contributed by atoms with van der Waals surface area (Å²) in [7, 11) is 0. The molecule has 2 aliphatic rings. The second-order valence-electron chi connectivity index (χ2n) is 25.2. The van der Waals surface area contributed by atoms with Crippen LogP contribution in [-0.2, 0) is 17.3 Å². The molecule has 436 valence electrons.